The zero-order valence-corrected chi connectivity index (χ0v) is 13.3. The minimum Gasteiger partial charge on any atom is -0.342 e. The molecule has 2 atom stereocenters. The molecule has 0 aromatic carbocycles. The van der Waals surface area contributed by atoms with Crippen LogP contribution in [-0.2, 0) is 4.79 Å². The standard InChI is InChI=1S/C15H31N3O/c1-6-16-13(4)14-9-7-8-10-18(14)11-15(19)17(5)12(2)3/h12-14,16H,6-11H2,1-5H3. The second-order valence-corrected chi connectivity index (χ2v) is 5.98. The van der Waals surface area contributed by atoms with Gasteiger partial charge in [-0.25, -0.2) is 0 Å². The highest BCUT2D eigenvalue weighted by molar-refractivity contribution is 5.78. The zero-order chi connectivity index (χ0) is 14.4. The fraction of sp³-hybridized carbons (Fsp3) is 0.933. The summed E-state index contributed by atoms with van der Waals surface area (Å²) in [4.78, 5) is 16.5. The lowest BCUT2D eigenvalue weighted by atomic mass is 9.96. The molecule has 1 N–H and O–H groups in total. The van der Waals surface area contributed by atoms with E-state index in [0.29, 0.717) is 18.6 Å². The molecule has 19 heavy (non-hydrogen) atoms. The average molecular weight is 269 g/mol. The van der Waals surface area contributed by atoms with Crippen molar-refractivity contribution in [3.8, 4) is 0 Å². The van der Waals surface area contributed by atoms with Crippen LogP contribution in [0.25, 0.3) is 0 Å². The molecule has 1 fully saturated rings. The molecule has 1 aliphatic rings. The van der Waals surface area contributed by atoms with Gasteiger partial charge in [0.15, 0.2) is 0 Å². The maximum atomic E-state index is 12.2. The van der Waals surface area contributed by atoms with Gasteiger partial charge in [0.1, 0.15) is 0 Å². The number of rotatable bonds is 6. The van der Waals surface area contributed by atoms with Gasteiger partial charge in [0, 0.05) is 25.2 Å². The van der Waals surface area contributed by atoms with Crippen LogP contribution in [0.2, 0.25) is 0 Å². The summed E-state index contributed by atoms with van der Waals surface area (Å²) in [5.74, 6) is 0.241. The van der Waals surface area contributed by atoms with Gasteiger partial charge in [-0.1, -0.05) is 13.3 Å². The van der Waals surface area contributed by atoms with Crippen molar-refractivity contribution in [2.45, 2.75) is 65.1 Å². The Balaban J connectivity index is 2.59. The molecule has 1 aliphatic heterocycles. The number of amides is 1. The Morgan fingerprint density at radius 3 is 2.63 bits per heavy atom. The highest BCUT2D eigenvalue weighted by Crippen LogP contribution is 2.19. The van der Waals surface area contributed by atoms with Crippen LogP contribution in [0.3, 0.4) is 0 Å². The van der Waals surface area contributed by atoms with Crippen LogP contribution in [0.5, 0.6) is 0 Å². The van der Waals surface area contributed by atoms with Crippen LogP contribution in [-0.4, -0.2) is 60.5 Å². The normalized spacial score (nSPS) is 22.5. The van der Waals surface area contributed by atoms with Gasteiger partial charge in [-0.2, -0.15) is 0 Å². The van der Waals surface area contributed by atoms with Crippen LogP contribution in [0.15, 0.2) is 0 Å². The zero-order valence-electron chi connectivity index (χ0n) is 13.3. The monoisotopic (exact) mass is 269 g/mol. The largest absolute Gasteiger partial charge is 0.342 e. The van der Waals surface area contributed by atoms with Crippen molar-refractivity contribution in [2.75, 3.05) is 26.7 Å². The van der Waals surface area contributed by atoms with Gasteiger partial charge in [-0.05, 0) is 46.7 Å². The third-order valence-corrected chi connectivity index (χ3v) is 4.27. The van der Waals surface area contributed by atoms with Crippen LogP contribution in [0.1, 0.15) is 47.0 Å². The molecule has 4 nitrogen and oxygen atoms in total. The number of likely N-dealkylation sites (tertiary alicyclic amines) is 1. The van der Waals surface area contributed by atoms with E-state index in [-0.39, 0.29) is 11.9 Å². The first kappa shape index (κ1) is 16.4. The second kappa shape index (κ2) is 7.85. The maximum absolute atomic E-state index is 12.2. The first-order chi connectivity index (χ1) is 8.97. The molecule has 1 heterocycles. The highest BCUT2D eigenvalue weighted by atomic mass is 16.2. The van der Waals surface area contributed by atoms with Crippen LogP contribution in [0.4, 0.5) is 0 Å². The molecule has 0 bridgehead atoms. The molecule has 2 unspecified atom stereocenters. The fourth-order valence-electron chi connectivity index (χ4n) is 2.81. The summed E-state index contributed by atoms with van der Waals surface area (Å²) in [5.41, 5.74) is 0. The summed E-state index contributed by atoms with van der Waals surface area (Å²) >= 11 is 0. The van der Waals surface area contributed by atoms with Crippen molar-refractivity contribution in [3.63, 3.8) is 0 Å². The number of likely N-dealkylation sites (N-methyl/N-ethyl adjacent to an activating group) is 2. The maximum Gasteiger partial charge on any atom is 0.236 e. The Morgan fingerprint density at radius 1 is 1.37 bits per heavy atom. The Bertz CT molecular complexity index is 281. The van der Waals surface area contributed by atoms with Crippen molar-refractivity contribution in [1.82, 2.24) is 15.1 Å². The van der Waals surface area contributed by atoms with Crippen LogP contribution in [0, 0.1) is 0 Å². The number of hydrogen-bond donors (Lipinski definition) is 1. The SMILES string of the molecule is CCNC(C)C1CCCCN1CC(=O)N(C)C(C)C. The molecule has 0 radical (unpaired) electrons. The van der Waals surface area contributed by atoms with Gasteiger partial charge in [0.25, 0.3) is 0 Å². The van der Waals surface area contributed by atoms with E-state index >= 15 is 0 Å². The molecule has 4 heteroatoms. The molecule has 1 rings (SSSR count). The number of piperidine rings is 1. The minimum atomic E-state index is 0.241. The number of hydrogen-bond acceptors (Lipinski definition) is 3. The van der Waals surface area contributed by atoms with E-state index in [1.54, 1.807) is 0 Å². The lowest BCUT2D eigenvalue weighted by Gasteiger charge is -2.40. The van der Waals surface area contributed by atoms with Gasteiger partial charge < -0.3 is 10.2 Å². The van der Waals surface area contributed by atoms with Crippen LogP contribution >= 0.6 is 0 Å². The topological polar surface area (TPSA) is 35.6 Å². The Hall–Kier alpha value is -0.610. The quantitative estimate of drug-likeness (QED) is 0.797. The molecule has 0 saturated carbocycles. The Morgan fingerprint density at radius 2 is 2.05 bits per heavy atom. The molecule has 1 saturated heterocycles. The van der Waals surface area contributed by atoms with Gasteiger partial charge in [0.2, 0.25) is 5.91 Å². The van der Waals surface area contributed by atoms with Gasteiger partial charge in [-0.3, -0.25) is 9.69 Å². The number of carbonyl (C=O) groups is 1. The number of carbonyl (C=O) groups excluding carboxylic acids is 1. The van der Waals surface area contributed by atoms with Crippen molar-refractivity contribution < 1.29 is 4.79 Å². The summed E-state index contributed by atoms with van der Waals surface area (Å²) in [5, 5.41) is 3.50. The van der Waals surface area contributed by atoms with E-state index in [1.165, 1.54) is 19.3 Å². The van der Waals surface area contributed by atoms with Gasteiger partial charge >= 0.3 is 0 Å². The predicted molar refractivity (Wildman–Crippen MR) is 80.3 cm³/mol. The summed E-state index contributed by atoms with van der Waals surface area (Å²) in [7, 11) is 1.90. The lowest BCUT2D eigenvalue weighted by molar-refractivity contribution is -0.133. The number of nitrogens with zero attached hydrogens (tertiary/aromatic N) is 2. The van der Waals surface area contributed by atoms with Crippen molar-refractivity contribution >= 4 is 5.91 Å². The summed E-state index contributed by atoms with van der Waals surface area (Å²) in [6.07, 6.45) is 3.70. The lowest BCUT2D eigenvalue weighted by Crippen LogP contribution is -2.54. The summed E-state index contributed by atoms with van der Waals surface area (Å²) < 4.78 is 0. The fourth-order valence-corrected chi connectivity index (χ4v) is 2.81. The smallest absolute Gasteiger partial charge is 0.236 e. The van der Waals surface area contributed by atoms with E-state index in [4.69, 9.17) is 0 Å². The Labute approximate surface area is 118 Å². The van der Waals surface area contributed by atoms with Crippen molar-refractivity contribution in [2.24, 2.45) is 0 Å². The molecule has 112 valence electrons. The number of nitrogens with one attached hydrogen (secondary N) is 1. The second-order valence-electron chi connectivity index (χ2n) is 5.98. The molecule has 0 aliphatic carbocycles. The molecular formula is C15H31N3O. The van der Waals surface area contributed by atoms with Crippen molar-refractivity contribution in [1.29, 1.82) is 0 Å². The highest BCUT2D eigenvalue weighted by Gasteiger charge is 2.29. The molecule has 0 aromatic heterocycles. The van der Waals surface area contributed by atoms with Crippen LogP contribution < -0.4 is 5.32 Å². The van der Waals surface area contributed by atoms with E-state index in [2.05, 4.69) is 37.9 Å². The Kier molecular flexibility index (Phi) is 6.80. The third-order valence-electron chi connectivity index (χ3n) is 4.27. The first-order valence-electron chi connectivity index (χ1n) is 7.70. The van der Waals surface area contributed by atoms with Gasteiger partial charge in [-0.15, -0.1) is 0 Å². The molecule has 0 spiro atoms. The van der Waals surface area contributed by atoms with Gasteiger partial charge in [0.05, 0.1) is 6.54 Å². The average Bonchev–Trinajstić information content (AvgIpc) is 2.38. The molecule has 0 aromatic rings. The van der Waals surface area contributed by atoms with Crippen molar-refractivity contribution in [3.05, 3.63) is 0 Å². The summed E-state index contributed by atoms with van der Waals surface area (Å²) in [6, 6.07) is 1.24. The molecule has 1 amide bonds. The summed E-state index contributed by atoms with van der Waals surface area (Å²) in [6.45, 7) is 11.1. The first-order valence-corrected chi connectivity index (χ1v) is 7.70. The van der Waals surface area contributed by atoms with E-state index < -0.39 is 0 Å². The predicted octanol–water partition coefficient (Wildman–Crippen LogP) is 1.71. The molecular weight excluding hydrogens is 238 g/mol. The minimum absolute atomic E-state index is 0.241. The van der Waals surface area contributed by atoms with E-state index in [9.17, 15) is 4.79 Å². The van der Waals surface area contributed by atoms with E-state index in [1.807, 2.05) is 11.9 Å². The third kappa shape index (κ3) is 4.77. The van der Waals surface area contributed by atoms with E-state index in [0.717, 1.165) is 13.1 Å².